The number of anilines is 1. The summed E-state index contributed by atoms with van der Waals surface area (Å²) in [5.74, 6) is 0.917. The summed E-state index contributed by atoms with van der Waals surface area (Å²) in [7, 11) is 0. The topological polar surface area (TPSA) is 49.6 Å². The number of fused-ring (bicyclic) bond motifs is 1. The summed E-state index contributed by atoms with van der Waals surface area (Å²) in [6, 6.07) is 8.32. The van der Waals surface area contributed by atoms with E-state index in [0.29, 0.717) is 12.5 Å². The average Bonchev–Trinajstić information content (AvgIpc) is 2.55. The van der Waals surface area contributed by atoms with Crippen molar-refractivity contribution in [2.45, 2.75) is 32.1 Å². The monoisotopic (exact) mass is 301 g/mol. The van der Waals surface area contributed by atoms with E-state index in [4.69, 9.17) is 5.73 Å². The van der Waals surface area contributed by atoms with Crippen molar-refractivity contribution in [3.05, 3.63) is 29.8 Å². The largest absolute Gasteiger partial charge is 0.330 e. The zero-order chi connectivity index (χ0) is 15.4. The summed E-state index contributed by atoms with van der Waals surface area (Å²) in [6.07, 6.45) is 5.68. The van der Waals surface area contributed by atoms with Gasteiger partial charge in [-0.05, 0) is 62.7 Å². The smallest absolute Gasteiger partial charge is 0.241 e. The van der Waals surface area contributed by atoms with E-state index < -0.39 is 0 Å². The number of rotatable bonds is 4. The zero-order valence-electron chi connectivity index (χ0n) is 13.3. The van der Waals surface area contributed by atoms with E-state index in [9.17, 15) is 4.79 Å². The van der Waals surface area contributed by atoms with Gasteiger partial charge < -0.3 is 10.6 Å². The molecule has 0 radical (unpaired) electrons. The summed E-state index contributed by atoms with van der Waals surface area (Å²) in [5.41, 5.74) is 8.11. The van der Waals surface area contributed by atoms with Crippen LogP contribution in [0, 0.1) is 5.92 Å². The van der Waals surface area contributed by atoms with Gasteiger partial charge in [-0.3, -0.25) is 9.69 Å². The summed E-state index contributed by atoms with van der Waals surface area (Å²) < 4.78 is 0. The van der Waals surface area contributed by atoms with Crippen LogP contribution in [-0.4, -0.2) is 43.5 Å². The molecule has 1 unspecified atom stereocenters. The molecule has 2 N–H and O–H groups in total. The van der Waals surface area contributed by atoms with E-state index in [2.05, 4.69) is 23.1 Å². The Labute approximate surface area is 133 Å². The molecule has 1 fully saturated rings. The van der Waals surface area contributed by atoms with Gasteiger partial charge in [-0.2, -0.15) is 0 Å². The predicted octanol–water partition coefficient (Wildman–Crippen LogP) is 2.03. The molecule has 120 valence electrons. The number of likely N-dealkylation sites (tertiary alicyclic amines) is 1. The van der Waals surface area contributed by atoms with E-state index in [0.717, 1.165) is 51.1 Å². The minimum absolute atomic E-state index is 0.251. The van der Waals surface area contributed by atoms with Crippen LogP contribution in [0.5, 0.6) is 0 Å². The van der Waals surface area contributed by atoms with Crippen LogP contribution in [0.1, 0.15) is 31.2 Å². The normalized spacial score (nSPS) is 22.4. The third kappa shape index (κ3) is 3.50. The minimum atomic E-state index is 0.251. The fourth-order valence-electron chi connectivity index (χ4n) is 3.84. The molecule has 22 heavy (non-hydrogen) atoms. The number of carbonyl (C=O) groups is 1. The second kappa shape index (κ2) is 7.25. The van der Waals surface area contributed by atoms with Crippen LogP contribution in [0.3, 0.4) is 0 Å². The molecule has 0 saturated carbocycles. The SMILES string of the molecule is NCCC1CCCN(CC(=O)N2CCCc3ccccc32)C1. The van der Waals surface area contributed by atoms with Gasteiger partial charge in [-0.15, -0.1) is 0 Å². The fraction of sp³-hybridized carbons (Fsp3) is 0.611. The van der Waals surface area contributed by atoms with Crippen molar-refractivity contribution < 1.29 is 4.79 Å². The molecular weight excluding hydrogens is 274 g/mol. The van der Waals surface area contributed by atoms with E-state index in [1.165, 1.54) is 18.4 Å². The lowest BCUT2D eigenvalue weighted by atomic mass is 9.95. The first-order chi connectivity index (χ1) is 10.8. The van der Waals surface area contributed by atoms with Crippen molar-refractivity contribution in [3.63, 3.8) is 0 Å². The number of piperidine rings is 1. The van der Waals surface area contributed by atoms with Crippen molar-refractivity contribution in [2.75, 3.05) is 37.6 Å². The first-order valence-electron chi connectivity index (χ1n) is 8.58. The Morgan fingerprint density at radius 1 is 1.23 bits per heavy atom. The molecule has 3 rings (SSSR count). The maximum atomic E-state index is 12.8. The van der Waals surface area contributed by atoms with Crippen LogP contribution in [-0.2, 0) is 11.2 Å². The van der Waals surface area contributed by atoms with Crippen molar-refractivity contribution in [2.24, 2.45) is 11.7 Å². The number of para-hydroxylation sites is 1. The Balaban J connectivity index is 1.63. The maximum absolute atomic E-state index is 12.8. The lowest BCUT2D eigenvalue weighted by molar-refractivity contribution is -0.120. The molecule has 1 aromatic carbocycles. The number of benzene rings is 1. The van der Waals surface area contributed by atoms with Gasteiger partial charge in [-0.25, -0.2) is 0 Å². The van der Waals surface area contributed by atoms with Gasteiger partial charge in [-0.1, -0.05) is 18.2 Å². The van der Waals surface area contributed by atoms with E-state index in [-0.39, 0.29) is 5.91 Å². The molecule has 2 aliphatic heterocycles. The van der Waals surface area contributed by atoms with Crippen molar-refractivity contribution in [3.8, 4) is 0 Å². The quantitative estimate of drug-likeness (QED) is 0.926. The second-order valence-electron chi connectivity index (χ2n) is 6.60. The summed E-state index contributed by atoms with van der Waals surface area (Å²) >= 11 is 0. The molecule has 0 bridgehead atoms. The zero-order valence-corrected chi connectivity index (χ0v) is 13.3. The van der Waals surface area contributed by atoms with Gasteiger partial charge in [0, 0.05) is 18.8 Å². The number of nitrogens with two attached hydrogens (primary N) is 1. The van der Waals surface area contributed by atoms with E-state index >= 15 is 0 Å². The van der Waals surface area contributed by atoms with Gasteiger partial charge in [0.2, 0.25) is 5.91 Å². The Hall–Kier alpha value is -1.39. The second-order valence-corrected chi connectivity index (χ2v) is 6.60. The Morgan fingerprint density at radius 3 is 2.95 bits per heavy atom. The molecule has 2 aliphatic rings. The molecule has 2 heterocycles. The first-order valence-corrected chi connectivity index (χ1v) is 8.58. The number of hydrogen-bond donors (Lipinski definition) is 1. The van der Waals surface area contributed by atoms with Gasteiger partial charge in [0.1, 0.15) is 0 Å². The predicted molar refractivity (Wildman–Crippen MR) is 90.0 cm³/mol. The highest BCUT2D eigenvalue weighted by Crippen LogP contribution is 2.27. The van der Waals surface area contributed by atoms with Crippen LogP contribution in [0.4, 0.5) is 5.69 Å². The van der Waals surface area contributed by atoms with E-state index in [1.54, 1.807) is 0 Å². The molecule has 4 heteroatoms. The molecule has 0 aliphatic carbocycles. The lowest BCUT2D eigenvalue weighted by Gasteiger charge is -2.35. The molecule has 1 amide bonds. The molecule has 1 saturated heterocycles. The summed E-state index contributed by atoms with van der Waals surface area (Å²) in [5, 5.41) is 0. The Kier molecular flexibility index (Phi) is 5.11. The van der Waals surface area contributed by atoms with Crippen LogP contribution in [0.25, 0.3) is 0 Å². The Bertz CT molecular complexity index is 515. The number of nitrogens with zero attached hydrogens (tertiary/aromatic N) is 2. The van der Waals surface area contributed by atoms with Gasteiger partial charge >= 0.3 is 0 Å². The highest BCUT2D eigenvalue weighted by Gasteiger charge is 2.26. The van der Waals surface area contributed by atoms with Gasteiger partial charge in [0.15, 0.2) is 0 Å². The van der Waals surface area contributed by atoms with Crippen LogP contribution < -0.4 is 10.6 Å². The maximum Gasteiger partial charge on any atom is 0.241 e. The van der Waals surface area contributed by atoms with Crippen LogP contribution in [0.2, 0.25) is 0 Å². The van der Waals surface area contributed by atoms with Crippen molar-refractivity contribution in [1.82, 2.24) is 4.90 Å². The molecule has 1 aromatic rings. The lowest BCUT2D eigenvalue weighted by Crippen LogP contribution is -2.46. The first kappa shape index (κ1) is 15.5. The van der Waals surface area contributed by atoms with Gasteiger partial charge in [0.25, 0.3) is 0 Å². The van der Waals surface area contributed by atoms with Crippen molar-refractivity contribution >= 4 is 11.6 Å². The average molecular weight is 301 g/mol. The fourth-order valence-corrected chi connectivity index (χ4v) is 3.84. The highest BCUT2D eigenvalue weighted by molar-refractivity contribution is 5.95. The minimum Gasteiger partial charge on any atom is -0.330 e. The standard InChI is InChI=1S/C18H27N3O/c19-10-9-15-5-3-11-20(13-15)14-18(22)21-12-4-7-16-6-1-2-8-17(16)21/h1-2,6,8,15H,3-5,7,9-14,19H2. The summed E-state index contributed by atoms with van der Waals surface area (Å²) in [6.45, 7) is 4.23. The van der Waals surface area contributed by atoms with Crippen molar-refractivity contribution in [1.29, 1.82) is 0 Å². The number of hydrogen-bond acceptors (Lipinski definition) is 3. The number of amides is 1. The van der Waals surface area contributed by atoms with E-state index in [1.807, 2.05) is 11.0 Å². The van der Waals surface area contributed by atoms with Crippen LogP contribution >= 0.6 is 0 Å². The third-order valence-corrected chi connectivity index (χ3v) is 4.95. The number of carbonyl (C=O) groups excluding carboxylic acids is 1. The summed E-state index contributed by atoms with van der Waals surface area (Å²) in [4.78, 5) is 17.1. The molecule has 0 spiro atoms. The van der Waals surface area contributed by atoms with Gasteiger partial charge in [0.05, 0.1) is 6.54 Å². The molecular formula is C18H27N3O. The Morgan fingerprint density at radius 2 is 2.09 bits per heavy atom. The molecule has 4 nitrogen and oxygen atoms in total. The highest BCUT2D eigenvalue weighted by atomic mass is 16.2. The molecule has 0 aromatic heterocycles. The van der Waals surface area contributed by atoms with Crippen LogP contribution in [0.15, 0.2) is 24.3 Å². The third-order valence-electron chi connectivity index (χ3n) is 4.95. The molecule has 1 atom stereocenters. The number of aryl methyl sites for hydroxylation is 1.